The zero-order chi connectivity index (χ0) is 11.8. The van der Waals surface area contributed by atoms with E-state index in [0.717, 1.165) is 18.7 Å². The molecule has 0 aromatic heterocycles. The van der Waals surface area contributed by atoms with Crippen LogP contribution < -0.4 is 5.32 Å². The Hall–Kier alpha value is -1.04. The van der Waals surface area contributed by atoms with Gasteiger partial charge in [0.1, 0.15) is 0 Å². The number of hydrogen-bond donors (Lipinski definition) is 1. The lowest BCUT2D eigenvalue weighted by Crippen LogP contribution is -2.43. The molecule has 15 heavy (non-hydrogen) atoms. The number of nitrogens with one attached hydrogen (secondary N) is 1. The molecule has 0 saturated carbocycles. The van der Waals surface area contributed by atoms with Crippen LogP contribution in [0.2, 0.25) is 0 Å². The molecular formula is C12H17ClN2. The SMILES string of the molecule is C=C(Cl)/C=C(/C#N)C(=C)C1CNC1.CC. The Bertz CT molecular complexity index is 306. The molecular weight excluding hydrogens is 208 g/mol. The van der Waals surface area contributed by atoms with Gasteiger partial charge in [-0.1, -0.05) is 38.6 Å². The Morgan fingerprint density at radius 1 is 1.47 bits per heavy atom. The summed E-state index contributed by atoms with van der Waals surface area (Å²) in [5.41, 5.74) is 1.38. The van der Waals surface area contributed by atoms with Crippen molar-refractivity contribution in [2.45, 2.75) is 13.8 Å². The standard InChI is InChI=1S/C10H11ClN2.C2H6/c1-7(11)3-9(4-12)8(2)10-5-13-6-10;1-2/h3,10,13H,1-2,5-6H2;1-2H3/b9-3-;. The van der Waals surface area contributed by atoms with Crippen LogP contribution in [0.4, 0.5) is 0 Å². The Kier molecular flexibility index (Phi) is 6.77. The Balaban J connectivity index is 0.000000921. The van der Waals surface area contributed by atoms with E-state index in [1.807, 2.05) is 13.8 Å². The number of nitriles is 1. The van der Waals surface area contributed by atoms with Gasteiger partial charge < -0.3 is 5.32 Å². The highest BCUT2D eigenvalue weighted by atomic mass is 35.5. The first-order valence-corrected chi connectivity index (χ1v) is 5.39. The molecule has 0 radical (unpaired) electrons. The predicted molar refractivity (Wildman–Crippen MR) is 65.5 cm³/mol. The lowest BCUT2D eigenvalue weighted by Gasteiger charge is -2.28. The van der Waals surface area contributed by atoms with Crippen LogP contribution in [0.25, 0.3) is 0 Å². The van der Waals surface area contributed by atoms with E-state index in [2.05, 4.69) is 24.5 Å². The summed E-state index contributed by atoms with van der Waals surface area (Å²) < 4.78 is 0. The van der Waals surface area contributed by atoms with Crippen molar-refractivity contribution in [3.63, 3.8) is 0 Å². The second-order valence-corrected chi connectivity index (χ2v) is 3.48. The second-order valence-electron chi connectivity index (χ2n) is 3.00. The van der Waals surface area contributed by atoms with Gasteiger partial charge in [0.15, 0.2) is 0 Å². The van der Waals surface area contributed by atoms with Crippen LogP contribution >= 0.6 is 11.6 Å². The molecule has 1 aliphatic heterocycles. The molecule has 0 aromatic rings. The first-order chi connectivity index (χ1) is 7.15. The quantitative estimate of drug-likeness (QED) is 0.591. The fourth-order valence-electron chi connectivity index (χ4n) is 1.11. The van der Waals surface area contributed by atoms with Crippen molar-refractivity contribution in [2.75, 3.05) is 13.1 Å². The van der Waals surface area contributed by atoms with Crippen molar-refractivity contribution in [1.29, 1.82) is 5.26 Å². The number of allylic oxidation sites excluding steroid dienone is 3. The summed E-state index contributed by atoms with van der Waals surface area (Å²) in [7, 11) is 0. The fourth-order valence-corrected chi connectivity index (χ4v) is 1.22. The molecule has 1 saturated heterocycles. The minimum Gasteiger partial charge on any atom is -0.315 e. The zero-order valence-corrected chi connectivity index (χ0v) is 10.1. The lowest BCUT2D eigenvalue weighted by molar-refractivity contribution is 0.405. The van der Waals surface area contributed by atoms with Gasteiger partial charge in [0.2, 0.25) is 0 Å². The normalized spacial score (nSPS) is 15.5. The Morgan fingerprint density at radius 3 is 2.27 bits per heavy atom. The molecule has 0 spiro atoms. The van der Waals surface area contributed by atoms with Gasteiger partial charge in [-0.05, 0) is 11.6 Å². The summed E-state index contributed by atoms with van der Waals surface area (Å²) in [4.78, 5) is 0. The molecule has 0 aliphatic carbocycles. The van der Waals surface area contributed by atoms with E-state index in [1.165, 1.54) is 0 Å². The summed E-state index contributed by atoms with van der Waals surface area (Å²) in [6.07, 6.45) is 1.56. The van der Waals surface area contributed by atoms with Crippen molar-refractivity contribution in [3.8, 4) is 6.07 Å². The van der Waals surface area contributed by atoms with Crippen LogP contribution in [-0.4, -0.2) is 13.1 Å². The molecule has 82 valence electrons. The lowest BCUT2D eigenvalue weighted by atomic mass is 9.89. The smallest absolute Gasteiger partial charge is 0.0994 e. The van der Waals surface area contributed by atoms with Gasteiger partial charge in [-0.3, -0.25) is 0 Å². The Morgan fingerprint density at radius 2 is 2.00 bits per heavy atom. The zero-order valence-electron chi connectivity index (χ0n) is 9.31. The summed E-state index contributed by atoms with van der Waals surface area (Å²) in [6, 6.07) is 2.07. The topological polar surface area (TPSA) is 35.8 Å². The van der Waals surface area contributed by atoms with Gasteiger partial charge >= 0.3 is 0 Å². The van der Waals surface area contributed by atoms with Gasteiger partial charge in [0.25, 0.3) is 0 Å². The Labute approximate surface area is 96.9 Å². The van der Waals surface area contributed by atoms with Crippen molar-refractivity contribution in [3.05, 3.63) is 35.4 Å². The van der Waals surface area contributed by atoms with Crippen LogP contribution in [0.5, 0.6) is 0 Å². The molecule has 2 nitrogen and oxygen atoms in total. The van der Waals surface area contributed by atoms with E-state index in [1.54, 1.807) is 6.08 Å². The van der Waals surface area contributed by atoms with Crippen LogP contribution in [0.3, 0.4) is 0 Å². The average molecular weight is 225 g/mol. The molecule has 1 N–H and O–H groups in total. The number of hydrogen-bond acceptors (Lipinski definition) is 2. The molecule has 1 aliphatic rings. The molecule has 0 unspecified atom stereocenters. The minimum absolute atomic E-state index is 0.366. The maximum Gasteiger partial charge on any atom is 0.0994 e. The highest BCUT2D eigenvalue weighted by Crippen LogP contribution is 2.22. The van der Waals surface area contributed by atoms with Crippen molar-refractivity contribution in [2.24, 2.45) is 5.92 Å². The van der Waals surface area contributed by atoms with E-state index in [9.17, 15) is 0 Å². The molecule has 0 aromatic carbocycles. The van der Waals surface area contributed by atoms with Crippen LogP contribution in [0, 0.1) is 17.2 Å². The average Bonchev–Trinajstić information content (AvgIpc) is 2.14. The van der Waals surface area contributed by atoms with Gasteiger partial charge in [0.05, 0.1) is 11.6 Å². The van der Waals surface area contributed by atoms with Gasteiger partial charge in [-0.2, -0.15) is 5.26 Å². The molecule has 0 amide bonds. The molecule has 1 rings (SSSR count). The van der Waals surface area contributed by atoms with E-state index < -0.39 is 0 Å². The largest absolute Gasteiger partial charge is 0.315 e. The molecule has 0 bridgehead atoms. The summed E-state index contributed by atoms with van der Waals surface area (Å²) in [5, 5.41) is 12.3. The van der Waals surface area contributed by atoms with Crippen molar-refractivity contribution in [1.82, 2.24) is 5.32 Å². The maximum absolute atomic E-state index is 8.81. The maximum atomic E-state index is 8.81. The third-order valence-electron chi connectivity index (χ3n) is 2.04. The van der Waals surface area contributed by atoms with Gasteiger partial charge in [-0.25, -0.2) is 0 Å². The monoisotopic (exact) mass is 224 g/mol. The van der Waals surface area contributed by atoms with Crippen LogP contribution in [0.15, 0.2) is 35.4 Å². The van der Waals surface area contributed by atoms with Crippen molar-refractivity contribution < 1.29 is 0 Å². The van der Waals surface area contributed by atoms with E-state index in [-0.39, 0.29) is 0 Å². The number of nitrogens with zero attached hydrogens (tertiary/aromatic N) is 1. The highest BCUT2D eigenvalue weighted by molar-refractivity contribution is 6.30. The summed E-state index contributed by atoms with van der Waals surface area (Å²) in [6.45, 7) is 13.2. The minimum atomic E-state index is 0.366. The molecule has 0 atom stereocenters. The van der Waals surface area contributed by atoms with Gasteiger partial charge in [0, 0.05) is 24.0 Å². The molecule has 3 heteroatoms. The predicted octanol–water partition coefficient (Wildman–Crippen LogP) is 2.99. The second kappa shape index (κ2) is 7.28. The highest BCUT2D eigenvalue weighted by Gasteiger charge is 2.22. The third-order valence-corrected chi connectivity index (χ3v) is 2.15. The first-order valence-electron chi connectivity index (χ1n) is 5.01. The fraction of sp³-hybridized carbons (Fsp3) is 0.417. The van der Waals surface area contributed by atoms with Gasteiger partial charge in [-0.15, -0.1) is 0 Å². The number of rotatable bonds is 3. The summed E-state index contributed by atoms with van der Waals surface area (Å²) in [5.74, 6) is 0.377. The number of halogens is 1. The third kappa shape index (κ3) is 4.33. The van der Waals surface area contributed by atoms with Crippen LogP contribution in [0.1, 0.15) is 13.8 Å². The molecule has 1 fully saturated rings. The molecule has 1 heterocycles. The van der Waals surface area contributed by atoms with Crippen LogP contribution in [-0.2, 0) is 0 Å². The summed E-state index contributed by atoms with van der Waals surface area (Å²) >= 11 is 5.58. The van der Waals surface area contributed by atoms with E-state index in [4.69, 9.17) is 16.9 Å². The van der Waals surface area contributed by atoms with Crippen molar-refractivity contribution >= 4 is 11.6 Å². The van der Waals surface area contributed by atoms with E-state index >= 15 is 0 Å². The first kappa shape index (κ1) is 14.0. The van der Waals surface area contributed by atoms with E-state index in [0.29, 0.717) is 16.5 Å².